The first-order valence-electron chi connectivity index (χ1n) is 5.75. The summed E-state index contributed by atoms with van der Waals surface area (Å²) in [6, 6.07) is 4.69. The predicted octanol–water partition coefficient (Wildman–Crippen LogP) is 1.59. The summed E-state index contributed by atoms with van der Waals surface area (Å²) in [4.78, 5) is 12.4. The molecule has 1 heterocycles. The van der Waals surface area contributed by atoms with Crippen molar-refractivity contribution in [3.8, 4) is 5.75 Å². The molecular weight excluding hydrogens is 250 g/mol. The maximum Gasteiger partial charge on any atom is 0.296 e. The van der Waals surface area contributed by atoms with Crippen molar-refractivity contribution >= 4 is 11.4 Å². The Morgan fingerprint density at radius 3 is 2.84 bits per heavy atom. The molecule has 0 fully saturated rings. The summed E-state index contributed by atoms with van der Waals surface area (Å²) in [5.74, 6) is 1.03. The number of anilines is 1. The van der Waals surface area contributed by atoms with E-state index in [9.17, 15) is 10.1 Å². The Bertz CT molecular complexity index is 530. The molecule has 1 atom stereocenters. The van der Waals surface area contributed by atoms with Crippen molar-refractivity contribution in [1.29, 1.82) is 0 Å². The van der Waals surface area contributed by atoms with E-state index in [0.29, 0.717) is 17.2 Å². The van der Waals surface area contributed by atoms with Crippen molar-refractivity contribution in [3.63, 3.8) is 0 Å². The van der Waals surface area contributed by atoms with Crippen molar-refractivity contribution < 1.29 is 14.4 Å². The lowest BCUT2D eigenvalue weighted by Crippen LogP contribution is -2.25. The van der Waals surface area contributed by atoms with E-state index in [-0.39, 0.29) is 18.5 Å². The van der Waals surface area contributed by atoms with Gasteiger partial charge in [0.2, 0.25) is 0 Å². The largest absolute Gasteiger partial charge is 0.496 e. The third kappa shape index (κ3) is 2.45. The van der Waals surface area contributed by atoms with Gasteiger partial charge in [-0.15, -0.1) is 0 Å². The molecule has 1 aliphatic rings. The van der Waals surface area contributed by atoms with Gasteiger partial charge in [-0.05, 0) is 19.1 Å². The number of nitrogens with two attached hydrogens (primary N) is 1. The number of benzene rings is 1. The first-order chi connectivity index (χ1) is 9.06. The Labute approximate surface area is 110 Å². The van der Waals surface area contributed by atoms with Crippen molar-refractivity contribution in [2.45, 2.75) is 13.2 Å². The minimum absolute atomic E-state index is 0.0377. The summed E-state index contributed by atoms with van der Waals surface area (Å²) in [7, 11) is 1.47. The molecule has 7 heteroatoms. The van der Waals surface area contributed by atoms with E-state index in [0.717, 1.165) is 0 Å². The van der Waals surface area contributed by atoms with E-state index in [1.807, 2.05) is 0 Å². The molecule has 1 aromatic carbocycles. The predicted molar refractivity (Wildman–Crippen MR) is 69.8 cm³/mol. The van der Waals surface area contributed by atoms with Crippen LogP contribution in [0.15, 0.2) is 30.2 Å². The number of nitrogens with zero attached hydrogens (tertiary/aromatic N) is 2. The molecule has 1 aliphatic heterocycles. The van der Waals surface area contributed by atoms with Crippen LogP contribution in [0.2, 0.25) is 0 Å². The normalized spacial score (nSPS) is 17.9. The lowest BCUT2D eigenvalue weighted by molar-refractivity contribution is -0.384. The van der Waals surface area contributed by atoms with Crippen molar-refractivity contribution in [1.82, 2.24) is 0 Å². The van der Waals surface area contributed by atoms with E-state index >= 15 is 0 Å². The fourth-order valence-electron chi connectivity index (χ4n) is 1.93. The average molecular weight is 265 g/mol. The minimum Gasteiger partial charge on any atom is -0.496 e. The van der Waals surface area contributed by atoms with Crippen LogP contribution >= 0.6 is 0 Å². The minimum atomic E-state index is -0.446. The van der Waals surface area contributed by atoms with Crippen LogP contribution in [0.25, 0.3) is 0 Å². The Balaban J connectivity index is 2.44. The van der Waals surface area contributed by atoms with Gasteiger partial charge in [0.1, 0.15) is 17.2 Å². The zero-order chi connectivity index (χ0) is 14.0. The highest BCUT2D eigenvalue weighted by Crippen LogP contribution is 2.35. The molecule has 0 spiro atoms. The highest BCUT2D eigenvalue weighted by Gasteiger charge is 2.28. The second kappa shape index (κ2) is 5.15. The van der Waals surface area contributed by atoms with Crippen LogP contribution in [-0.2, 0) is 4.74 Å². The molecule has 0 radical (unpaired) electrons. The van der Waals surface area contributed by atoms with Crippen LogP contribution in [0.1, 0.15) is 6.92 Å². The molecule has 1 aromatic rings. The average Bonchev–Trinajstić information content (AvgIpc) is 2.79. The number of hydrogen-bond donors (Lipinski definition) is 1. The standard InChI is InChI=1S/C12H15N3O4/c1-8-14(7-10(6-13)19-8)11-4-3-9(18-2)5-12(11)15(16)17/h3-5,7-8H,6,13H2,1-2H3. The van der Waals surface area contributed by atoms with Gasteiger partial charge < -0.3 is 20.1 Å². The van der Waals surface area contributed by atoms with E-state index in [1.165, 1.54) is 13.2 Å². The fraction of sp³-hybridized carbons (Fsp3) is 0.333. The monoisotopic (exact) mass is 265 g/mol. The van der Waals surface area contributed by atoms with Crippen LogP contribution in [-0.4, -0.2) is 24.8 Å². The van der Waals surface area contributed by atoms with Gasteiger partial charge in [0, 0.05) is 6.20 Å². The van der Waals surface area contributed by atoms with Gasteiger partial charge in [-0.25, -0.2) is 0 Å². The molecule has 0 bridgehead atoms. The first-order valence-corrected chi connectivity index (χ1v) is 5.75. The zero-order valence-corrected chi connectivity index (χ0v) is 10.7. The quantitative estimate of drug-likeness (QED) is 0.656. The molecule has 0 aliphatic carbocycles. The van der Waals surface area contributed by atoms with Crippen LogP contribution < -0.4 is 15.4 Å². The Morgan fingerprint density at radius 2 is 2.32 bits per heavy atom. The summed E-state index contributed by atoms with van der Waals surface area (Å²) < 4.78 is 10.5. The third-order valence-corrected chi connectivity index (χ3v) is 2.86. The van der Waals surface area contributed by atoms with Gasteiger partial charge in [0.15, 0.2) is 6.23 Å². The van der Waals surface area contributed by atoms with E-state index < -0.39 is 4.92 Å². The van der Waals surface area contributed by atoms with Crippen molar-refractivity contribution in [2.24, 2.45) is 5.73 Å². The van der Waals surface area contributed by atoms with E-state index in [4.69, 9.17) is 15.2 Å². The van der Waals surface area contributed by atoms with Crippen molar-refractivity contribution in [3.05, 3.63) is 40.3 Å². The van der Waals surface area contributed by atoms with Gasteiger partial charge in [0.25, 0.3) is 5.69 Å². The van der Waals surface area contributed by atoms with Gasteiger partial charge in [-0.3, -0.25) is 10.1 Å². The molecule has 7 nitrogen and oxygen atoms in total. The number of nitro benzene ring substituents is 1. The van der Waals surface area contributed by atoms with Crippen LogP contribution in [0.5, 0.6) is 5.75 Å². The summed E-state index contributed by atoms with van der Waals surface area (Å²) in [5, 5.41) is 11.1. The smallest absolute Gasteiger partial charge is 0.296 e. The number of ether oxygens (including phenoxy) is 2. The van der Waals surface area contributed by atoms with Gasteiger partial charge >= 0.3 is 0 Å². The highest BCUT2D eigenvalue weighted by atomic mass is 16.6. The SMILES string of the molecule is COc1ccc(N2C=C(CN)OC2C)c([N+](=O)[O-])c1. The topological polar surface area (TPSA) is 90.9 Å². The maximum absolute atomic E-state index is 11.1. The molecule has 2 N–H and O–H groups in total. The summed E-state index contributed by atoms with van der Waals surface area (Å²) >= 11 is 0. The Hall–Kier alpha value is -2.28. The molecule has 0 saturated heterocycles. The zero-order valence-electron chi connectivity index (χ0n) is 10.7. The molecule has 0 aromatic heterocycles. The van der Waals surface area contributed by atoms with Crippen LogP contribution in [0.3, 0.4) is 0 Å². The van der Waals surface area contributed by atoms with Gasteiger partial charge in [0.05, 0.1) is 24.6 Å². The number of nitro groups is 1. The molecule has 2 rings (SSSR count). The number of methoxy groups -OCH3 is 1. The van der Waals surface area contributed by atoms with Gasteiger partial charge in [-0.2, -0.15) is 0 Å². The third-order valence-electron chi connectivity index (χ3n) is 2.86. The number of hydrogen-bond acceptors (Lipinski definition) is 6. The fourth-order valence-corrected chi connectivity index (χ4v) is 1.93. The molecular formula is C12H15N3O4. The van der Waals surface area contributed by atoms with E-state index in [1.54, 1.807) is 30.2 Å². The summed E-state index contributed by atoms with van der Waals surface area (Å²) in [6.45, 7) is 2.05. The Morgan fingerprint density at radius 1 is 1.58 bits per heavy atom. The number of rotatable bonds is 4. The highest BCUT2D eigenvalue weighted by molar-refractivity contribution is 5.67. The second-order valence-corrected chi connectivity index (χ2v) is 4.04. The molecule has 19 heavy (non-hydrogen) atoms. The summed E-state index contributed by atoms with van der Waals surface area (Å²) in [5.41, 5.74) is 5.91. The van der Waals surface area contributed by atoms with Crippen LogP contribution in [0.4, 0.5) is 11.4 Å². The molecule has 0 amide bonds. The maximum atomic E-state index is 11.1. The van der Waals surface area contributed by atoms with Gasteiger partial charge in [-0.1, -0.05) is 0 Å². The lowest BCUT2D eigenvalue weighted by Gasteiger charge is -2.20. The summed E-state index contributed by atoms with van der Waals surface area (Å²) in [6.07, 6.45) is 1.35. The molecule has 1 unspecified atom stereocenters. The second-order valence-electron chi connectivity index (χ2n) is 4.04. The van der Waals surface area contributed by atoms with E-state index in [2.05, 4.69) is 0 Å². The van der Waals surface area contributed by atoms with Crippen LogP contribution in [0, 0.1) is 10.1 Å². The van der Waals surface area contributed by atoms with Crippen molar-refractivity contribution in [2.75, 3.05) is 18.6 Å². The first kappa shape index (κ1) is 13.2. The molecule has 0 saturated carbocycles. The molecule has 102 valence electrons. The Kier molecular flexibility index (Phi) is 3.57. The lowest BCUT2D eigenvalue weighted by atomic mass is 10.2.